The predicted molar refractivity (Wildman–Crippen MR) is 87.7 cm³/mol. The molecule has 4 heteroatoms. The highest BCUT2D eigenvalue weighted by Gasteiger charge is 2.35. The van der Waals surface area contributed by atoms with E-state index < -0.39 is 0 Å². The average molecular weight is 303 g/mol. The fourth-order valence-electron chi connectivity index (χ4n) is 4.49. The maximum absolute atomic E-state index is 12.8. The quantitative estimate of drug-likeness (QED) is 0.860. The zero-order valence-electron chi connectivity index (χ0n) is 14.3. The summed E-state index contributed by atoms with van der Waals surface area (Å²) in [5.74, 6) is 1.13. The Bertz CT molecular complexity index is 547. The molecule has 0 aromatic carbocycles. The van der Waals surface area contributed by atoms with Gasteiger partial charge in [0, 0.05) is 31.7 Å². The number of amides is 1. The van der Waals surface area contributed by atoms with Gasteiger partial charge in [0.2, 0.25) is 5.91 Å². The monoisotopic (exact) mass is 303 g/mol. The minimum absolute atomic E-state index is 0.360. The van der Waals surface area contributed by atoms with Gasteiger partial charge in [0.05, 0.1) is 5.69 Å². The van der Waals surface area contributed by atoms with E-state index in [0.29, 0.717) is 18.4 Å². The summed E-state index contributed by atoms with van der Waals surface area (Å²) in [6.07, 6.45) is 9.20. The summed E-state index contributed by atoms with van der Waals surface area (Å²) in [7, 11) is 1.98. The molecule has 1 saturated heterocycles. The molecule has 2 atom stereocenters. The lowest BCUT2D eigenvalue weighted by molar-refractivity contribution is -0.137. The standard InChI is InChI=1S/C18H29N3O/c1-13-16(14(2)20(3)19-13)10-11-18(22)21-12-6-8-15-7-4-5-9-17(15)21/h15,17H,4-12H2,1-3H3. The third-order valence-corrected chi connectivity index (χ3v) is 5.81. The number of piperidine rings is 1. The van der Waals surface area contributed by atoms with Crippen molar-refractivity contribution < 1.29 is 4.79 Å². The lowest BCUT2D eigenvalue weighted by atomic mass is 9.78. The van der Waals surface area contributed by atoms with Gasteiger partial charge in [0.1, 0.15) is 0 Å². The molecule has 2 aliphatic rings. The second kappa shape index (κ2) is 6.43. The van der Waals surface area contributed by atoms with E-state index in [0.717, 1.165) is 24.6 Å². The number of carbonyl (C=O) groups excluding carboxylic acids is 1. The Hall–Kier alpha value is -1.32. The smallest absolute Gasteiger partial charge is 0.223 e. The number of aryl methyl sites for hydroxylation is 2. The minimum Gasteiger partial charge on any atom is -0.339 e. The lowest BCUT2D eigenvalue weighted by Gasteiger charge is -2.44. The molecule has 1 aliphatic carbocycles. The lowest BCUT2D eigenvalue weighted by Crippen LogP contribution is -2.49. The third kappa shape index (κ3) is 2.92. The second-order valence-corrected chi connectivity index (χ2v) is 7.11. The van der Waals surface area contributed by atoms with Crippen LogP contribution >= 0.6 is 0 Å². The fourth-order valence-corrected chi connectivity index (χ4v) is 4.49. The molecule has 0 bridgehead atoms. The molecule has 1 saturated carbocycles. The number of hydrogen-bond donors (Lipinski definition) is 0. The first-order valence-electron chi connectivity index (χ1n) is 8.86. The maximum Gasteiger partial charge on any atom is 0.223 e. The first kappa shape index (κ1) is 15.6. The number of likely N-dealkylation sites (tertiary alicyclic amines) is 1. The molecule has 22 heavy (non-hydrogen) atoms. The summed E-state index contributed by atoms with van der Waals surface area (Å²) >= 11 is 0. The van der Waals surface area contributed by atoms with Crippen LogP contribution in [0, 0.1) is 19.8 Å². The van der Waals surface area contributed by atoms with Gasteiger partial charge >= 0.3 is 0 Å². The summed E-state index contributed by atoms with van der Waals surface area (Å²) in [5, 5.41) is 4.46. The number of rotatable bonds is 3. The predicted octanol–water partition coefficient (Wildman–Crippen LogP) is 3.15. The minimum atomic E-state index is 0.360. The van der Waals surface area contributed by atoms with Gasteiger partial charge in [-0.2, -0.15) is 5.10 Å². The van der Waals surface area contributed by atoms with Crippen LogP contribution in [-0.2, 0) is 18.3 Å². The summed E-state index contributed by atoms with van der Waals surface area (Å²) in [6.45, 7) is 5.12. The van der Waals surface area contributed by atoms with Crippen molar-refractivity contribution in [1.82, 2.24) is 14.7 Å². The van der Waals surface area contributed by atoms with Gasteiger partial charge in [-0.15, -0.1) is 0 Å². The maximum atomic E-state index is 12.8. The molecule has 2 heterocycles. The molecular weight excluding hydrogens is 274 g/mol. The topological polar surface area (TPSA) is 38.1 Å². The van der Waals surface area contributed by atoms with Gasteiger partial charge in [-0.1, -0.05) is 12.8 Å². The number of nitrogens with zero attached hydrogens (tertiary/aromatic N) is 3. The fraction of sp³-hybridized carbons (Fsp3) is 0.778. The van der Waals surface area contributed by atoms with Crippen LogP contribution < -0.4 is 0 Å². The third-order valence-electron chi connectivity index (χ3n) is 5.81. The van der Waals surface area contributed by atoms with Crippen molar-refractivity contribution >= 4 is 5.91 Å². The number of aromatic nitrogens is 2. The van der Waals surface area contributed by atoms with Crippen LogP contribution in [0.15, 0.2) is 0 Å². The van der Waals surface area contributed by atoms with Crippen molar-refractivity contribution in [3.05, 3.63) is 17.0 Å². The van der Waals surface area contributed by atoms with Crippen LogP contribution in [0.3, 0.4) is 0 Å². The van der Waals surface area contributed by atoms with Crippen molar-refractivity contribution in [2.45, 2.75) is 71.3 Å². The number of fused-ring (bicyclic) bond motifs is 1. The largest absolute Gasteiger partial charge is 0.339 e. The molecule has 0 spiro atoms. The SMILES string of the molecule is Cc1nn(C)c(C)c1CCC(=O)N1CCCC2CCCCC21. The van der Waals surface area contributed by atoms with E-state index in [2.05, 4.69) is 16.9 Å². The van der Waals surface area contributed by atoms with Gasteiger partial charge in [0.25, 0.3) is 0 Å². The van der Waals surface area contributed by atoms with Crippen molar-refractivity contribution in [3.8, 4) is 0 Å². The van der Waals surface area contributed by atoms with E-state index >= 15 is 0 Å². The summed E-state index contributed by atoms with van der Waals surface area (Å²) in [5.41, 5.74) is 3.52. The van der Waals surface area contributed by atoms with Crippen LogP contribution in [0.4, 0.5) is 0 Å². The summed E-state index contributed by atoms with van der Waals surface area (Å²) in [6, 6.07) is 0.533. The zero-order valence-corrected chi connectivity index (χ0v) is 14.3. The molecule has 0 N–H and O–H groups in total. The Balaban J connectivity index is 1.63. The first-order valence-corrected chi connectivity index (χ1v) is 8.86. The van der Waals surface area contributed by atoms with Gasteiger partial charge < -0.3 is 4.90 Å². The molecule has 3 rings (SSSR count). The Morgan fingerprint density at radius 2 is 1.91 bits per heavy atom. The molecule has 122 valence electrons. The molecule has 2 fully saturated rings. The van der Waals surface area contributed by atoms with E-state index in [9.17, 15) is 4.79 Å². The molecule has 4 nitrogen and oxygen atoms in total. The van der Waals surface area contributed by atoms with Crippen molar-refractivity contribution in [1.29, 1.82) is 0 Å². The van der Waals surface area contributed by atoms with Crippen molar-refractivity contribution in [2.24, 2.45) is 13.0 Å². The van der Waals surface area contributed by atoms with Crippen LogP contribution in [0.2, 0.25) is 0 Å². The van der Waals surface area contributed by atoms with Crippen LogP contribution in [0.25, 0.3) is 0 Å². The van der Waals surface area contributed by atoms with Gasteiger partial charge in [-0.25, -0.2) is 0 Å². The van der Waals surface area contributed by atoms with E-state index in [1.54, 1.807) is 0 Å². The summed E-state index contributed by atoms with van der Waals surface area (Å²) < 4.78 is 1.92. The first-order chi connectivity index (χ1) is 10.6. The van der Waals surface area contributed by atoms with Gasteiger partial charge in [-0.3, -0.25) is 9.48 Å². The number of carbonyl (C=O) groups is 1. The Morgan fingerprint density at radius 1 is 1.18 bits per heavy atom. The Kier molecular flexibility index (Phi) is 4.55. The zero-order chi connectivity index (χ0) is 15.7. The van der Waals surface area contributed by atoms with Gasteiger partial charge in [-0.05, 0) is 57.4 Å². The van der Waals surface area contributed by atoms with Crippen LogP contribution in [-0.4, -0.2) is 33.2 Å². The molecular formula is C18H29N3O. The van der Waals surface area contributed by atoms with E-state index in [1.165, 1.54) is 49.8 Å². The van der Waals surface area contributed by atoms with E-state index in [1.807, 2.05) is 18.7 Å². The molecule has 1 aliphatic heterocycles. The molecule has 1 aromatic rings. The number of hydrogen-bond acceptors (Lipinski definition) is 2. The highest BCUT2D eigenvalue weighted by atomic mass is 16.2. The van der Waals surface area contributed by atoms with E-state index in [-0.39, 0.29) is 0 Å². The Labute approximate surface area is 133 Å². The summed E-state index contributed by atoms with van der Waals surface area (Å²) in [4.78, 5) is 15.0. The highest BCUT2D eigenvalue weighted by molar-refractivity contribution is 5.77. The second-order valence-electron chi connectivity index (χ2n) is 7.11. The van der Waals surface area contributed by atoms with Crippen molar-refractivity contribution in [3.63, 3.8) is 0 Å². The van der Waals surface area contributed by atoms with Gasteiger partial charge in [0.15, 0.2) is 0 Å². The Morgan fingerprint density at radius 3 is 2.64 bits per heavy atom. The molecule has 1 aromatic heterocycles. The van der Waals surface area contributed by atoms with Crippen LogP contribution in [0.1, 0.15) is 61.9 Å². The molecule has 2 unspecified atom stereocenters. The highest BCUT2D eigenvalue weighted by Crippen LogP contribution is 2.35. The average Bonchev–Trinajstić information content (AvgIpc) is 2.77. The van der Waals surface area contributed by atoms with Crippen LogP contribution in [0.5, 0.6) is 0 Å². The normalized spacial score (nSPS) is 25.1. The van der Waals surface area contributed by atoms with E-state index in [4.69, 9.17) is 0 Å². The molecule has 1 amide bonds. The van der Waals surface area contributed by atoms with Crippen molar-refractivity contribution in [2.75, 3.05) is 6.54 Å². The molecule has 0 radical (unpaired) electrons.